The first-order valence-corrected chi connectivity index (χ1v) is 9.65. The van der Waals surface area contributed by atoms with Gasteiger partial charge in [-0.05, 0) is 36.6 Å². The molecule has 0 aliphatic carbocycles. The zero-order valence-electron chi connectivity index (χ0n) is 16.0. The predicted octanol–water partition coefficient (Wildman–Crippen LogP) is 5.46. The van der Waals surface area contributed by atoms with Crippen LogP contribution in [-0.4, -0.2) is 16.5 Å². The van der Waals surface area contributed by atoms with Crippen LogP contribution < -0.4 is 10.6 Å². The zero-order chi connectivity index (χ0) is 19.2. The lowest BCUT2D eigenvalue weighted by Gasteiger charge is -2.17. The molecule has 4 heteroatoms. The fourth-order valence-corrected chi connectivity index (χ4v) is 3.26. The van der Waals surface area contributed by atoms with E-state index in [9.17, 15) is 0 Å². The van der Waals surface area contributed by atoms with Gasteiger partial charge in [0.2, 0.25) is 5.95 Å². The lowest BCUT2D eigenvalue weighted by atomic mass is 10.1. The molecule has 0 saturated carbocycles. The Bertz CT molecular complexity index is 1030. The summed E-state index contributed by atoms with van der Waals surface area (Å²) in [5.74, 6) is 1.50. The average Bonchev–Trinajstić information content (AvgIpc) is 2.75. The van der Waals surface area contributed by atoms with Crippen molar-refractivity contribution in [1.82, 2.24) is 9.97 Å². The molecule has 140 valence electrons. The van der Waals surface area contributed by atoms with Gasteiger partial charge in [-0.2, -0.15) is 4.98 Å². The minimum atomic E-state index is 0.150. The highest BCUT2D eigenvalue weighted by molar-refractivity contribution is 5.90. The van der Waals surface area contributed by atoms with Gasteiger partial charge in [0.1, 0.15) is 5.82 Å². The molecule has 0 amide bonds. The number of para-hydroxylation sites is 1. The van der Waals surface area contributed by atoms with Crippen LogP contribution in [0.1, 0.15) is 24.1 Å². The molecule has 1 aromatic heterocycles. The molecule has 0 radical (unpaired) electrons. The second kappa shape index (κ2) is 8.53. The second-order valence-corrected chi connectivity index (χ2v) is 6.85. The molecule has 0 bridgehead atoms. The Morgan fingerprint density at radius 2 is 1.46 bits per heavy atom. The van der Waals surface area contributed by atoms with Crippen molar-refractivity contribution in [2.75, 3.05) is 17.2 Å². The first-order valence-electron chi connectivity index (χ1n) is 9.65. The molecule has 28 heavy (non-hydrogen) atoms. The van der Waals surface area contributed by atoms with Crippen LogP contribution in [0.15, 0.2) is 84.9 Å². The summed E-state index contributed by atoms with van der Waals surface area (Å²) in [4.78, 5) is 9.45. The molecule has 4 nitrogen and oxygen atoms in total. The van der Waals surface area contributed by atoms with E-state index in [1.54, 1.807) is 0 Å². The Balaban J connectivity index is 1.55. The normalized spacial score (nSPS) is 11.9. The Morgan fingerprint density at radius 1 is 0.786 bits per heavy atom. The lowest BCUT2D eigenvalue weighted by molar-refractivity contribution is 0.875. The Hall–Kier alpha value is -3.40. The fourth-order valence-electron chi connectivity index (χ4n) is 3.26. The highest BCUT2D eigenvalue weighted by Gasteiger charge is 2.11. The number of hydrogen-bond donors (Lipinski definition) is 2. The average molecular weight is 368 g/mol. The van der Waals surface area contributed by atoms with E-state index in [2.05, 4.69) is 77.1 Å². The minimum absolute atomic E-state index is 0.150. The van der Waals surface area contributed by atoms with E-state index in [0.717, 1.165) is 29.7 Å². The van der Waals surface area contributed by atoms with Crippen LogP contribution in [0.5, 0.6) is 0 Å². The molecule has 0 fully saturated rings. The van der Waals surface area contributed by atoms with Gasteiger partial charge in [-0.3, -0.25) is 0 Å². The van der Waals surface area contributed by atoms with Gasteiger partial charge in [0, 0.05) is 18.0 Å². The van der Waals surface area contributed by atoms with Crippen LogP contribution in [0.3, 0.4) is 0 Å². The molecule has 4 rings (SSSR count). The van der Waals surface area contributed by atoms with E-state index in [1.807, 2.05) is 30.3 Å². The summed E-state index contributed by atoms with van der Waals surface area (Å²) in [7, 11) is 0. The van der Waals surface area contributed by atoms with Crippen molar-refractivity contribution in [1.29, 1.82) is 0 Å². The van der Waals surface area contributed by atoms with Gasteiger partial charge in [-0.1, -0.05) is 72.8 Å². The number of benzene rings is 3. The van der Waals surface area contributed by atoms with Gasteiger partial charge in [0.25, 0.3) is 0 Å². The highest BCUT2D eigenvalue weighted by Crippen LogP contribution is 2.25. The van der Waals surface area contributed by atoms with Gasteiger partial charge in [0.15, 0.2) is 0 Å². The number of anilines is 2. The number of rotatable bonds is 7. The van der Waals surface area contributed by atoms with E-state index in [4.69, 9.17) is 4.98 Å². The molecule has 2 N–H and O–H groups in total. The monoisotopic (exact) mass is 368 g/mol. The minimum Gasteiger partial charge on any atom is -0.363 e. The number of nitrogens with one attached hydrogen (secondary N) is 2. The van der Waals surface area contributed by atoms with Crippen molar-refractivity contribution in [2.45, 2.75) is 19.4 Å². The summed E-state index contributed by atoms with van der Waals surface area (Å²) in [5, 5.41) is 7.96. The quantitative estimate of drug-likeness (QED) is 0.455. The van der Waals surface area contributed by atoms with Crippen molar-refractivity contribution < 1.29 is 0 Å². The summed E-state index contributed by atoms with van der Waals surface area (Å²) >= 11 is 0. The third kappa shape index (κ3) is 4.29. The molecule has 3 aromatic carbocycles. The van der Waals surface area contributed by atoms with Crippen LogP contribution in [0.2, 0.25) is 0 Å². The molecule has 0 aliphatic rings. The fraction of sp³-hybridized carbons (Fsp3) is 0.167. The van der Waals surface area contributed by atoms with Crippen LogP contribution in [0.25, 0.3) is 10.9 Å². The van der Waals surface area contributed by atoms with Crippen LogP contribution in [0, 0.1) is 0 Å². The second-order valence-electron chi connectivity index (χ2n) is 6.85. The third-order valence-corrected chi connectivity index (χ3v) is 4.80. The smallest absolute Gasteiger partial charge is 0.225 e. The van der Waals surface area contributed by atoms with Gasteiger partial charge in [0.05, 0.1) is 5.52 Å². The summed E-state index contributed by atoms with van der Waals surface area (Å²) in [6.07, 6.45) is 0.931. The molecule has 4 aromatic rings. The third-order valence-electron chi connectivity index (χ3n) is 4.80. The first-order chi connectivity index (χ1) is 13.8. The van der Waals surface area contributed by atoms with E-state index in [1.165, 1.54) is 11.1 Å². The summed E-state index contributed by atoms with van der Waals surface area (Å²) < 4.78 is 0. The summed E-state index contributed by atoms with van der Waals surface area (Å²) in [5.41, 5.74) is 3.46. The highest BCUT2D eigenvalue weighted by atomic mass is 15.1. The molecule has 0 saturated heterocycles. The van der Waals surface area contributed by atoms with Gasteiger partial charge < -0.3 is 10.6 Å². The molecular formula is C24H24N4. The molecule has 0 unspecified atom stereocenters. The van der Waals surface area contributed by atoms with E-state index >= 15 is 0 Å². The first kappa shape index (κ1) is 18.0. The van der Waals surface area contributed by atoms with E-state index in [-0.39, 0.29) is 6.04 Å². The van der Waals surface area contributed by atoms with Crippen LogP contribution >= 0.6 is 0 Å². The van der Waals surface area contributed by atoms with Crippen molar-refractivity contribution in [3.63, 3.8) is 0 Å². The molecule has 1 heterocycles. The summed E-state index contributed by atoms with van der Waals surface area (Å²) in [6, 6.07) is 29.1. The van der Waals surface area contributed by atoms with Crippen molar-refractivity contribution in [2.24, 2.45) is 0 Å². The molecule has 0 spiro atoms. The SMILES string of the molecule is C[C@H](Nc1nc(NCCc2ccccc2)nc2ccccc12)c1ccccc1. The van der Waals surface area contributed by atoms with Gasteiger partial charge >= 0.3 is 0 Å². The maximum Gasteiger partial charge on any atom is 0.225 e. The maximum atomic E-state index is 4.76. The standard InChI is InChI=1S/C24H24N4/c1-18(20-12-6-3-7-13-20)26-23-21-14-8-9-15-22(21)27-24(28-23)25-17-16-19-10-4-2-5-11-19/h2-15,18H,16-17H2,1H3,(H2,25,26,27,28)/t18-/m0/s1. The predicted molar refractivity (Wildman–Crippen MR) is 117 cm³/mol. The number of fused-ring (bicyclic) bond motifs is 1. The topological polar surface area (TPSA) is 49.8 Å². The van der Waals surface area contributed by atoms with Crippen molar-refractivity contribution >= 4 is 22.7 Å². The number of hydrogen-bond acceptors (Lipinski definition) is 4. The molecule has 0 aliphatic heterocycles. The van der Waals surface area contributed by atoms with Crippen LogP contribution in [-0.2, 0) is 6.42 Å². The van der Waals surface area contributed by atoms with Gasteiger partial charge in [-0.15, -0.1) is 0 Å². The zero-order valence-corrected chi connectivity index (χ0v) is 16.0. The van der Waals surface area contributed by atoms with Crippen LogP contribution in [0.4, 0.5) is 11.8 Å². The van der Waals surface area contributed by atoms with E-state index in [0.29, 0.717) is 5.95 Å². The Kier molecular flexibility index (Phi) is 5.48. The largest absolute Gasteiger partial charge is 0.363 e. The van der Waals surface area contributed by atoms with Gasteiger partial charge in [-0.25, -0.2) is 4.98 Å². The van der Waals surface area contributed by atoms with E-state index < -0.39 is 0 Å². The Morgan fingerprint density at radius 3 is 2.25 bits per heavy atom. The Labute approximate surface area is 165 Å². The molecular weight excluding hydrogens is 344 g/mol. The number of nitrogens with zero attached hydrogens (tertiary/aromatic N) is 2. The maximum absolute atomic E-state index is 4.76. The lowest BCUT2D eigenvalue weighted by Crippen LogP contribution is -2.12. The number of aromatic nitrogens is 2. The molecule has 1 atom stereocenters. The summed E-state index contributed by atoms with van der Waals surface area (Å²) in [6.45, 7) is 2.94. The van der Waals surface area contributed by atoms with Crippen molar-refractivity contribution in [3.05, 3.63) is 96.1 Å². The van der Waals surface area contributed by atoms with Crippen molar-refractivity contribution in [3.8, 4) is 0 Å².